The molecule has 1 fully saturated rings. The van der Waals surface area contributed by atoms with Gasteiger partial charge in [-0.2, -0.15) is 0 Å². The highest BCUT2D eigenvalue weighted by molar-refractivity contribution is 5.81. The first-order valence-electron chi connectivity index (χ1n) is 6.53. The molecule has 0 bridgehead atoms. The van der Waals surface area contributed by atoms with E-state index in [0.717, 1.165) is 16.6 Å². The summed E-state index contributed by atoms with van der Waals surface area (Å²) >= 11 is 0. The van der Waals surface area contributed by atoms with Gasteiger partial charge >= 0.3 is 0 Å². The van der Waals surface area contributed by atoms with Gasteiger partial charge in [0.2, 0.25) is 0 Å². The first kappa shape index (κ1) is 12.4. The van der Waals surface area contributed by atoms with E-state index in [1.54, 1.807) is 10.9 Å². The molecule has 19 heavy (non-hydrogen) atoms. The molecule has 0 saturated carbocycles. The normalized spacial score (nSPS) is 17.4. The molecule has 4 nitrogen and oxygen atoms in total. The second-order valence-corrected chi connectivity index (χ2v) is 5.88. The Labute approximate surface area is 112 Å². The van der Waals surface area contributed by atoms with Crippen LogP contribution in [0.15, 0.2) is 23.3 Å². The number of benzene rings is 1. The number of aryl methyl sites for hydroxylation is 2. The second-order valence-electron chi connectivity index (χ2n) is 5.88. The van der Waals surface area contributed by atoms with E-state index in [-0.39, 0.29) is 11.0 Å². The molecule has 0 spiro atoms. The summed E-state index contributed by atoms with van der Waals surface area (Å²) in [7, 11) is 0. The molecule has 0 unspecified atom stereocenters. The molecule has 0 radical (unpaired) electrons. The van der Waals surface area contributed by atoms with Crippen molar-refractivity contribution >= 4 is 10.9 Å². The Morgan fingerprint density at radius 3 is 2.74 bits per heavy atom. The predicted octanol–water partition coefficient (Wildman–Crippen LogP) is 2.05. The lowest BCUT2D eigenvalue weighted by molar-refractivity contribution is -0.110. The Hall–Kier alpha value is -1.68. The highest BCUT2D eigenvalue weighted by Gasteiger charge is 2.34. The van der Waals surface area contributed by atoms with Gasteiger partial charge in [0, 0.05) is 12.0 Å². The molecule has 3 rings (SSSR count). The van der Waals surface area contributed by atoms with Crippen molar-refractivity contribution in [3.05, 3.63) is 39.9 Å². The number of ether oxygens (including phenoxy) is 1. The Morgan fingerprint density at radius 1 is 1.37 bits per heavy atom. The monoisotopic (exact) mass is 258 g/mol. The zero-order valence-corrected chi connectivity index (χ0v) is 11.6. The Morgan fingerprint density at radius 2 is 2.11 bits per heavy atom. The van der Waals surface area contributed by atoms with Crippen molar-refractivity contribution in [2.45, 2.75) is 27.3 Å². The number of hydrogen-bond donors (Lipinski definition) is 0. The molecule has 0 atom stereocenters. The fourth-order valence-electron chi connectivity index (χ4n) is 2.54. The molecule has 0 aliphatic carbocycles. The Bertz CT molecular complexity index is 699. The van der Waals surface area contributed by atoms with Crippen LogP contribution in [0, 0.1) is 19.3 Å². The van der Waals surface area contributed by atoms with Crippen LogP contribution in [0.25, 0.3) is 10.9 Å². The van der Waals surface area contributed by atoms with E-state index in [4.69, 9.17) is 4.74 Å². The van der Waals surface area contributed by atoms with Gasteiger partial charge in [-0.05, 0) is 31.0 Å². The molecule has 0 N–H and O–H groups in total. The van der Waals surface area contributed by atoms with Crippen molar-refractivity contribution in [3.63, 3.8) is 0 Å². The van der Waals surface area contributed by atoms with Crippen molar-refractivity contribution in [1.82, 2.24) is 9.55 Å². The van der Waals surface area contributed by atoms with Gasteiger partial charge in [-0.1, -0.05) is 13.0 Å². The maximum Gasteiger partial charge on any atom is 0.261 e. The summed E-state index contributed by atoms with van der Waals surface area (Å²) in [6, 6.07) is 3.86. The average molecular weight is 258 g/mol. The van der Waals surface area contributed by atoms with Crippen molar-refractivity contribution in [2.75, 3.05) is 13.2 Å². The summed E-state index contributed by atoms with van der Waals surface area (Å²) in [6.45, 7) is 8.27. The van der Waals surface area contributed by atoms with Gasteiger partial charge < -0.3 is 4.74 Å². The molecule has 2 heterocycles. The van der Waals surface area contributed by atoms with E-state index in [2.05, 4.69) is 11.9 Å². The lowest BCUT2D eigenvalue weighted by Crippen LogP contribution is -2.45. The van der Waals surface area contributed by atoms with E-state index in [1.165, 1.54) is 0 Å². The molecule has 1 aliphatic heterocycles. The van der Waals surface area contributed by atoms with Crippen LogP contribution in [0.1, 0.15) is 18.1 Å². The number of rotatable bonds is 2. The van der Waals surface area contributed by atoms with E-state index in [9.17, 15) is 4.79 Å². The van der Waals surface area contributed by atoms with Crippen LogP contribution in [-0.4, -0.2) is 22.8 Å². The van der Waals surface area contributed by atoms with Crippen LogP contribution in [0.5, 0.6) is 0 Å². The number of aromatic nitrogens is 2. The Balaban J connectivity index is 2.11. The minimum absolute atomic E-state index is 0.0428. The van der Waals surface area contributed by atoms with Gasteiger partial charge in [0.05, 0.1) is 30.4 Å². The molecule has 1 aromatic carbocycles. The topological polar surface area (TPSA) is 44.1 Å². The number of nitrogens with zero attached hydrogens (tertiary/aromatic N) is 2. The first-order chi connectivity index (χ1) is 9.00. The zero-order valence-electron chi connectivity index (χ0n) is 11.6. The smallest absolute Gasteiger partial charge is 0.261 e. The summed E-state index contributed by atoms with van der Waals surface area (Å²) < 4.78 is 6.94. The minimum Gasteiger partial charge on any atom is -0.380 e. The van der Waals surface area contributed by atoms with Gasteiger partial charge in [-0.3, -0.25) is 9.36 Å². The van der Waals surface area contributed by atoms with Gasteiger partial charge in [-0.15, -0.1) is 0 Å². The lowest BCUT2D eigenvalue weighted by atomic mass is 9.88. The third-order valence-electron chi connectivity index (χ3n) is 3.97. The molecular formula is C15H18N2O2. The molecule has 1 aromatic heterocycles. The average Bonchev–Trinajstić information content (AvgIpc) is 2.35. The summed E-state index contributed by atoms with van der Waals surface area (Å²) in [5, 5.41) is 0.703. The van der Waals surface area contributed by atoms with Crippen molar-refractivity contribution < 1.29 is 4.74 Å². The van der Waals surface area contributed by atoms with Crippen molar-refractivity contribution in [1.29, 1.82) is 0 Å². The van der Waals surface area contributed by atoms with Crippen LogP contribution < -0.4 is 5.56 Å². The summed E-state index contributed by atoms with van der Waals surface area (Å²) in [5.74, 6) is 0. The number of fused-ring (bicyclic) bond motifs is 1. The van der Waals surface area contributed by atoms with Crippen LogP contribution in [0.2, 0.25) is 0 Å². The van der Waals surface area contributed by atoms with Crippen LogP contribution in [-0.2, 0) is 11.3 Å². The molecule has 0 amide bonds. The molecule has 1 saturated heterocycles. The van der Waals surface area contributed by atoms with Crippen molar-refractivity contribution in [2.24, 2.45) is 5.41 Å². The third-order valence-corrected chi connectivity index (χ3v) is 3.97. The molecule has 100 valence electrons. The van der Waals surface area contributed by atoms with Gasteiger partial charge in [0.1, 0.15) is 0 Å². The molecular weight excluding hydrogens is 240 g/mol. The summed E-state index contributed by atoms with van der Waals surface area (Å²) in [4.78, 5) is 17.0. The second kappa shape index (κ2) is 4.17. The Kier molecular flexibility index (Phi) is 2.71. The standard InChI is InChI=1S/C15H18N2O2/c1-10-4-5-12-13(11(10)2)16-9-17(14(12)18)6-15(3)7-19-8-15/h4-5,9H,6-8H2,1-3H3. The van der Waals surface area contributed by atoms with Crippen LogP contribution in [0.4, 0.5) is 0 Å². The zero-order chi connectivity index (χ0) is 13.6. The van der Waals surface area contributed by atoms with E-state index in [1.807, 2.05) is 26.0 Å². The quantitative estimate of drug-likeness (QED) is 0.828. The fraction of sp³-hybridized carbons (Fsp3) is 0.467. The highest BCUT2D eigenvalue weighted by atomic mass is 16.5. The van der Waals surface area contributed by atoms with Gasteiger partial charge in [-0.25, -0.2) is 4.98 Å². The molecule has 2 aromatic rings. The fourth-order valence-corrected chi connectivity index (χ4v) is 2.54. The van der Waals surface area contributed by atoms with Crippen molar-refractivity contribution in [3.8, 4) is 0 Å². The van der Waals surface area contributed by atoms with Crippen LogP contribution >= 0.6 is 0 Å². The predicted molar refractivity (Wildman–Crippen MR) is 74.4 cm³/mol. The third kappa shape index (κ3) is 1.96. The summed E-state index contributed by atoms with van der Waals surface area (Å²) in [5.41, 5.74) is 3.17. The van der Waals surface area contributed by atoms with E-state index >= 15 is 0 Å². The van der Waals surface area contributed by atoms with E-state index < -0.39 is 0 Å². The van der Waals surface area contributed by atoms with Crippen LogP contribution in [0.3, 0.4) is 0 Å². The van der Waals surface area contributed by atoms with E-state index in [0.29, 0.717) is 25.1 Å². The lowest BCUT2D eigenvalue weighted by Gasteiger charge is -2.38. The first-order valence-corrected chi connectivity index (χ1v) is 6.53. The highest BCUT2D eigenvalue weighted by Crippen LogP contribution is 2.28. The minimum atomic E-state index is 0.0428. The summed E-state index contributed by atoms with van der Waals surface area (Å²) in [6.07, 6.45) is 1.67. The van der Waals surface area contributed by atoms with Gasteiger partial charge in [0.25, 0.3) is 5.56 Å². The maximum atomic E-state index is 12.5. The molecule has 1 aliphatic rings. The number of hydrogen-bond acceptors (Lipinski definition) is 3. The maximum absolute atomic E-state index is 12.5. The molecule has 4 heteroatoms. The SMILES string of the molecule is Cc1ccc2c(=O)n(CC3(C)COC3)cnc2c1C. The van der Waals surface area contributed by atoms with Gasteiger partial charge in [0.15, 0.2) is 0 Å². The largest absolute Gasteiger partial charge is 0.380 e.